The Bertz CT molecular complexity index is 1160. The third-order valence-corrected chi connectivity index (χ3v) is 7.13. The zero-order valence-corrected chi connectivity index (χ0v) is 19.2. The summed E-state index contributed by atoms with van der Waals surface area (Å²) in [6.07, 6.45) is 4.52. The number of rotatable bonds is 5. The van der Waals surface area contributed by atoms with Crippen molar-refractivity contribution >= 4 is 10.9 Å². The van der Waals surface area contributed by atoms with Crippen LogP contribution in [0, 0.1) is 19.8 Å². The number of H-pyrrole nitrogens is 1. The van der Waals surface area contributed by atoms with Gasteiger partial charge >= 0.3 is 0 Å². The number of aromatic amines is 1. The number of fused-ring (bicyclic) bond motifs is 1. The minimum Gasteiger partial charge on any atom is -0.376 e. The Hall–Kier alpha value is -2.58. The Morgan fingerprint density at radius 2 is 2.12 bits per heavy atom. The molecule has 0 bridgehead atoms. The minimum atomic E-state index is -0.288. The second kappa shape index (κ2) is 8.75. The maximum atomic E-state index is 13.4. The van der Waals surface area contributed by atoms with Gasteiger partial charge in [0.2, 0.25) is 0 Å². The second-order valence-electron chi connectivity index (χ2n) is 9.52. The first-order chi connectivity index (χ1) is 15.5. The van der Waals surface area contributed by atoms with Crippen molar-refractivity contribution in [3.63, 3.8) is 0 Å². The Morgan fingerprint density at radius 3 is 2.91 bits per heavy atom. The summed E-state index contributed by atoms with van der Waals surface area (Å²) in [5.74, 6) is 1.29. The fourth-order valence-corrected chi connectivity index (χ4v) is 5.22. The lowest BCUT2D eigenvalue weighted by atomic mass is 9.95. The van der Waals surface area contributed by atoms with Gasteiger partial charge < -0.3 is 9.72 Å². The smallest absolute Gasteiger partial charge is 0.253 e. The Labute approximate surface area is 188 Å². The van der Waals surface area contributed by atoms with Gasteiger partial charge in [0.05, 0.1) is 18.2 Å². The van der Waals surface area contributed by atoms with Crippen molar-refractivity contribution < 1.29 is 4.74 Å². The average Bonchev–Trinajstić information content (AvgIpc) is 3.45. The standard InChI is InChI=1S/C24H32N6O2/c1-15-6-4-10-29(13-15)22(23-26-27-28-30(23)14-19-7-5-11-32-19)20-12-18-9-8-16(2)17(3)21(18)25-24(20)31/h8-9,12,15,19,22H,4-7,10-11,13-14H2,1-3H3,(H,25,31). The molecule has 3 aromatic rings. The van der Waals surface area contributed by atoms with E-state index in [0.717, 1.165) is 61.2 Å². The normalized spacial score (nSPS) is 23.1. The monoisotopic (exact) mass is 436 g/mol. The van der Waals surface area contributed by atoms with Gasteiger partial charge in [-0.1, -0.05) is 19.1 Å². The van der Waals surface area contributed by atoms with Crippen LogP contribution in [0.3, 0.4) is 0 Å². The summed E-state index contributed by atoms with van der Waals surface area (Å²) in [5.41, 5.74) is 3.82. The summed E-state index contributed by atoms with van der Waals surface area (Å²) >= 11 is 0. The maximum Gasteiger partial charge on any atom is 0.253 e. The molecule has 170 valence electrons. The summed E-state index contributed by atoms with van der Waals surface area (Å²) in [5, 5.41) is 13.8. The van der Waals surface area contributed by atoms with E-state index in [2.05, 4.69) is 58.3 Å². The number of tetrazole rings is 1. The van der Waals surface area contributed by atoms with Crippen molar-refractivity contribution in [1.29, 1.82) is 0 Å². The van der Waals surface area contributed by atoms with Crippen LogP contribution in [0.25, 0.3) is 10.9 Å². The van der Waals surface area contributed by atoms with E-state index in [4.69, 9.17) is 4.74 Å². The molecule has 2 aliphatic rings. The first kappa shape index (κ1) is 21.3. The number of benzene rings is 1. The van der Waals surface area contributed by atoms with Crippen LogP contribution in [0.1, 0.15) is 61.2 Å². The molecule has 3 unspecified atom stereocenters. The molecule has 1 aromatic carbocycles. The minimum absolute atomic E-state index is 0.0684. The number of nitrogens with one attached hydrogen (secondary N) is 1. The molecule has 0 aliphatic carbocycles. The fraction of sp³-hybridized carbons (Fsp3) is 0.583. The van der Waals surface area contributed by atoms with Crippen molar-refractivity contribution in [2.75, 3.05) is 19.7 Å². The molecule has 0 radical (unpaired) electrons. The lowest BCUT2D eigenvalue weighted by Crippen LogP contribution is -2.41. The SMILES string of the molecule is Cc1ccc2cc(C(c3nnnn3CC3CCCO3)N3CCCC(C)C3)c(=O)[nH]c2c1C. The van der Waals surface area contributed by atoms with Gasteiger partial charge in [-0.05, 0) is 85.0 Å². The quantitative estimate of drug-likeness (QED) is 0.661. The van der Waals surface area contributed by atoms with Crippen molar-refractivity contribution in [2.24, 2.45) is 5.92 Å². The number of hydrogen-bond donors (Lipinski definition) is 1. The predicted octanol–water partition coefficient (Wildman–Crippen LogP) is 3.13. The van der Waals surface area contributed by atoms with Gasteiger partial charge in [0.1, 0.15) is 6.04 Å². The molecule has 0 saturated carbocycles. The number of piperidine rings is 1. The Morgan fingerprint density at radius 1 is 1.25 bits per heavy atom. The Balaban J connectivity index is 1.62. The zero-order valence-electron chi connectivity index (χ0n) is 19.2. The number of aromatic nitrogens is 5. The van der Waals surface area contributed by atoms with E-state index < -0.39 is 0 Å². The number of likely N-dealkylation sites (tertiary alicyclic amines) is 1. The van der Waals surface area contributed by atoms with E-state index in [1.54, 1.807) is 0 Å². The van der Waals surface area contributed by atoms with Crippen LogP contribution < -0.4 is 5.56 Å². The van der Waals surface area contributed by atoms with Crippen LogP contribution in [0.15, 0.2) is 23.0 Å². The maximum absolute atomic E-state index is 13.4. The van der Waals surface area contributed by atoms with E-state index in [1.807, 2.05) is 10.7 Å². The molecular weight excluding hydrogens is 404 g/mol. The van der Waals surface area contributed by atoms with Gasteiger partial charge in [-0.25, -0.2) is 4.68 Å². The summed E-state index contributed by atoms with van der Waals surface area (Å²) in [6.45, 7) is 9.64. The molecular formula is C24H32N6O2. The van der Waals surface area contributed by atoms with Gasteiger partial charge in [-0.2, -0.15) is 0 Å². The molecule has 2 aliphatic heterocycles. The van der Waals surface area contributed by atoms with E-state index in [0.29, 0.717) is 18.0 Å². The molecule has 1 N–H and O–H groups in total. The fourth-order valence-electron chi connectivity index (χ4n) is 5.22. The van der Waals surface area contributed by atoms with Gasteiger partial charge in [-0.15, -0.1) is 5.10 Å². The molecule has 8 heteroatoms. The molecule has 8 nitrogen and oxygen atoms in total. The lowest BCUT2D eigenvalue weighted by Gasteiger charge is -2.36. The second-order valence-corrected chi connectivity index (χ2v) is 9.52. The topological polar surface area (TPSA) is 88.9 Å². The highest BCUT2D eigenvalue weighted by Crippen LogP contribution is 2.32. The molecule has 2 aromatic heterocycles. The number of hydrogen-bond acceptors (Lipinski definition) is 6. The molecule has 5 rings (SSSR count). The predicted molar refractivity (Wildman–Crippen MR) is 123 cm³/mol. The number of nitrogens with zero attached hydrogens (tertiary/aromatic N) is 5. The van der Waals surface area contributed by atoms with Crippen molar-refractivity contribution in [2.45, 2.75) is 65.1 Å². The summed E-state index contributed by atoms with van der Waals surface area (Å²) in [4.78, 5) is 19.0. The highest BCUT2D eigenvalue weighted by molar-refractivity contribution is 5.83. The molecule has 3 atom stereocenters. The van der Waals surface area contributed by atoms with Crippen LogP contribution >= 0.6 is 0 Å². The van der Waals surface area contributed by atoms with E-state index >= 15 is 0 Å². The molecule has 4 heterocycles. The van der Waals surface area contributed by atoms with Gasteiger partial charge in [-0.3, -0.25) is 9.69 Å². The number of aryl methyl sites for hydroxylation is 2. The summed E-state index contributed by atoms with van der Waals surface area (Å²) in [7, 11) is 0. The third kappa shape index (κ3) is 3.97. The van der Waals surface area contributed by atoms with Crippen molar-refractivity contribution in [1.82, 2.24) is 30.1 Å². The van der Waals surface area contributed by atoms with Gasteiger partial charge in [0, 0.05) is 18.7 Å². The first-order valence-electron chi connectivity index (χ1n) is 11.8. The average molecular weight is 437 g/mol. The van der Waals surface area contributed by atoms with E-state index in [9.17, 15) is 4.79 Å². The van der Waals surface area contributed by atoms with E-state index in [1.165, 1.54) is 12.0 Å². The van der Waals surface area contributed by atoms with E-state index in [-0.39, 0.29) is 17.7 Å². The third-order valence-electron chi connectivity index (χ3n) is 7.13. The zero-order chi connectivity index (χ0) is 22.2. The largest absolute Gasteiger partial charge is 0.376 e. The number of ether oxygens (including phenoxy) is 1. The number of pyridine rings is 1. The van der Waals surface area contributed by atoms with Gasteiger partial charge in [0.15, 0.2) is 5.82 Å². The van der Waals surface area contributed by atoms with Crippen LogP contribution in [0.4, 0.5) is 0 Å². The molecule has 0 spiro atoms. The highest BCUT2D eigenvalue weighted by Gasteiger charge is 2.33. The molecule has 2 fully saturated rings. The molecule has 0 amide bonds. The summed E-state index contributed by atoms with van der Waals surface area (Å²) in [6, 6.07) is 5.95. The van der Waals surface area contributed by atoms with Crippen LogP contribution in [-0.4, -0.2) is 55.9 Å². The molecule has 2 saturated heterocycles. The van der Waals surface area contributed by atoms with Crippen LogP contribution in [0.2, 0.25) is 0 Å². The van der Waals surface area contributed by atoms with Gasteiger partial charge in [0.25, 0.3) is 5.56 Å². The summed E-state index contributed by atoms with van der Waals surface area (Å²) < 4.78 is 7.69. The lowest BCUT2D eigenvalue weighted by molar-refractivity contribution is 0.0889. The highest BCUT2D eigenvalue weighted by atomic mass is 16.5. The molecule has 32 heavy (non-hydrogen) atoms. The Kier molecular flexibility index (Phi) is 5.82. The van der Waals surface area contributed by atoms with Crippen LogP contribution in [-0.2, 0) is 11.3 Å². The van der Waals surface area contributed by atoms with Crippen molar-refractivity contribution in [3.8, 4) is 0 Å². The first-order valence-corrected chi connectivity index (χ1v) is 11.8. The van der Waals surface area contributed by atoms with Crippen molar-refractivity contribution in [3.05, 3.63) is 51.1 Å². The van der Waals surface area contributed by atoms with Crippen LogP contribution in [0.5, 0.6) is 0 Å².